The van der Waals surface area contributed by atoms with Gasteiger partial charge in [-0.2, -0.15) is 39.5 Å². The Balaban J connectivity index is 1.74. The molecule has 2 unspecified atom stereocenters. The number of carbonyl (C=O) groups is 2. The zero-order chi connectivity index (χ0) is 37.3. The van der Waals surface area contributed by atoms with Gasteiger partial charge in [0.15, 0.2) is 0 Å². The third kappa shape index (κ3) is 8.49. The zero-order valence-corrected chi connectivity index (χ0v) is 27.1. The molecule has 0 spiro atoms. The quantitative estimate of drug-likeness (QED) is 0.175. The van der Waals surface area contributed by atoms with Crippen LogP contribution in [0.15, 0.2) is 91.0 Å². The van der Waals surface area contributed by atoms with Gasteiger partial charge in [0.25, 0.3) is 0 Å². The van der Waals surface area contributed by atoms with Crippen molar-refractivity contribution in [1.82, 2.24) is 4.90 Å². The van der Waals surface area contributed by atoms with Gasteiger partial charge in [0.05, 0.1) is 40.0 Å². The van der Waals surface area contributed by atoms with E-state index in [4.69, 9.17) is 4.74 Å². The number of benzene rings is 4. The summed E-state index contributed by atoms with van der Waals surface area (Å²) in [5, 5.41) is 2.03. The maximum Gasteiger partial charge on any atom is 0.418 e. The number of alkyl halides is 9. The van der Waals surface area contributed by atoms with Crippen LogP contribution in [0.25, 0.3) is 11.1 Å². The van der Waals surface area contributed by atoms with Gasteiger partial charge in [0.1, 0.15) is 6.61 Å². The number of amides is 2. The van der Waals surface area contributed by atoms with Crippen molar-refractivity contribution in [3.05, 3.63) is 119 Å². The van der Waals surface area contributed by atoms with E-state index in [1.165, 1.54) is 12.1 Å². The summed E-state index contributed by atoms with van der Waals surface area (Å²) < 4.78 is 134. The first-order valence-corrected chi connectivity index (χ1v) is 15.7. The highest BCUT2D eigenvalue weighted by molar-refractivity contribution is 5.98. The van der Waals surface area contributed by atoms with Crippen molar-refractivity contribution in [2.75, 3.05) is 11.9 Å². The summed E-state index contributed by atoms with van der Waals surface area (Å²) in [5.74, 6) is -3.15. The molecule has 0 radical (unpaired) electrons. The van der Waals surface area contributed by atoms with Crippen molar-refractivity contribution >= 4 is 23.4 Å². The molecular weight excluding hydrogens is 691 g/mol. The summed E-state index contributed by atoms with van der Waals surface area (Å²) >= 11 is 0. The molecule has 1 aliphatic rings. The van der Waals surface area contributed by atoms with Crippen LogP contribution in [0.4, 0.5) is 55.7 Å². The Bertz CT molecular complexity index is 1870. The minimum absolute atomic E-state index is 0.0213. The van der Waals surface area contributed by atoms with E-state index in [-0.39, 0.29) is 43.2 Å². The summed E-state index contributed by atoms with van der Waals surface area (Å²) in [6.07, 6.45) is -16.9. The molecule has 0 aromatic heterocycles. The third-order valence-electron chi connectivity index (χ3n) is 8.37. The number of carbonyl (C=O) groups excluding carboxylic acids is 2. The lowest BCUT2D eigenvalue weighted by Gasteiger charge is -2.30. The molecule has 4 aromatic carbocycles. The van der Waals surface area contributed by atoms with E-state index in [9.17, 15) is 35.9 Å². The maximum atomic E-state index is 15.3. The predicted molar refractivity (Wildman–Crippen MR) is 171 cm³/mol. The first kappa shape index (κ1) is 37.3. The van der Waals surface area contributed by atoms with E-state index in [1.54, 1.807) is 62.4 Å². The van der Waals surface area contributed by atoms with Gasteiger partial charge < -0.3 is 10.1 Å². The van der Waals surface area contributed by atoms with E-state index in [2.05, 4.69) is 0 Å². The number of nitrogens with zero attached hydrogens (tertiary/aromatic N) is 1. The van der Waals surface area contributed by atoms with Crippen LogP contribution in [0.3, 0.4) is 0 Å². The van der Waals surface area contributed by atoms with Crippen molar-refractivity contribution in [3.63, 3.8) is 0 Å². The second-order valence-corrected chi connectivity index (χ2v) is 12.5. The van der Waals surface area contributed by atoms with E-state index >= 15 is 13.2 Å². The Morgan fingerprint density at radius 2 is 1.41 bits per heavy atom. The normalized spacial score (nSPS) is 16.0. The maximum absolute atomic E-state index is 15.3. The Hall–Kier alpha value is -5.01. The first-order chi connectivity index (χ1) is 23.8. The van der Waals surface area contributed by atoms with Gasteiger partial charge in [-0.25, -0.2) is 9.69 Å². The molecular formula is C37H31F9N2O3. The first-order valence-electron chi connectivity index (χ1n) is 15.7. The summed E-state index contributed by atoms with van der Waals surface area (Å²) in [5.41, 5.74) is -6.69. The SMILES string of the molecule is CC(C)CC(C(=O)N1C(=O)OCC1Cc1ccccc1)c1cc(-c2ccccc2)cc(Nc2cc(C(F)(F)F)ccc2C(F)(F)F)c1C(F)(F)F. The van der Waals surface area contributed by atoms with Crippen LogP contribution >= 0.6 is 0 Å². The van der Waals surface area contributed by atoms with Crippen LogP contribution in [0.1, 0.15) is 54.0 Å². The molecule has 0 bridgehead atoms. The highest BCUT2D eigenvalue weighted by atomic mass is 19.4. The molecule has 14 heteroatoms. The number of rotatable bonds is 9. The summed E-state index contributed by atoms with van der Waals surface area (Å²) in [6.45, 7) is 3.04. The smallest absolute Gasteiger partial charge is 0.418 e. The van der Waals surface area contributed by atoms with Gasteiger partial charge in [-0.05, 0) is 71.3 Å². The number of anilines is 2. The molecule has 5 rings (SSSR count). The van der Waals surface area contributed by atoms with Crippen LogP contribution < -0.4 is 5.32 Å². The topological polar surface area (TPSA) is 58.6 Å². The average Bonchev–Trinajstić information content (AvgIpc) is 3.41. The lowest BCUT2D eigenvalue weighted by Crippen LogP contribution is -2.43. The number of nitrogens with one attached hydrogen (secondary N) is 1. The molecule has 1 aliphatic heterocycles. The molecule has 0 saturated carbocycles. The fourth-order valence-electron chi connectivity index (χ4n) is 6.13. The number of cyclic esters (lactones) is 1. The lowest BCUT2D eigenvalue weighted by molar-refractivity contribution is -0.141. The van der Waals surface area contributed by atoms with Gasteiger partial charge >= 0.3 is 24.6 Å². The highest BCUT2D eigenvalue weighted by Gasteiger charge is 2.46. The third-order valence-corrected chi connectivity index (χ3v) is 8.37. The monoisotopic (exact) mass is 722 g/mol. The average molecular weight is 723 g/mol. The Kier molecular flexibility index (Phi) is 10.5. The van der Waals surface area contributed by atoms with E-state index < -0.39 is 82.0 Å². The number of imide groups is 1. The van der Waals surface area contributed by atoms with Crippen LogP contribution in [0, 0.1) is 5.92 Å². The number of ether oxygens (including phenoxy) is 1. The lowest BCUT2D eigenvalue weighted by atomic mass is 9.83. The van der Waals surface area contributed by atoms with Crippen molar-refractivity contribution in [3.8, 4) is 11.1 Å². The molecule has 5 nitrogen and oxygen atoms in total. The van der Waals surface area contributed by atoms with Gasteiger partial charge in [-0.1, -0.05) is 74.5 Å². The second kappa shape index (κ2) is 14.3. The van der Waals surface area contributed by atoms with Crippen molar-refractivity contribution < 1.29 is 53.8 Å². The molecule has 4 aromatic rings. The van der Waals surface area contributed by atoms with Crippen LogP contribution in [-0.4, -0.2) is 29.5 Å². The molecule has 1 fully saturated rings. The van der Waals surface area contributed by atoms with Gasteiger partial charge in [0, 0.05) is 0 Å². The minimum Gasteiger partial charge on any atom is -0.447 e. The number of halogens is 9. The van der Waals surface area contributed by atoms with Gasteiger partial charge in [0.2, 0.25) is 5.91 Å². The molecule has 0 aliphatic carbocycles. The van der Waals surface area contributed by atoms with Crippen molar-refractivity contribution in [2.24, 2.45) is 5.92 Å². The Morgan fingerprint density at radius 3 is 1.98 bits per heavy atom. The fraction of sp³-hybridized carbons (Fsp3) is 0.297. The van der Waals surface area contributed by atoms with E-state index in [1.807, 2.05) is 5.32 Å². The summed E-state index contributed by atoms with van der Waals surface area (Å²) in [7, 11) is 0. The standard InChI is InChI=1S/C37H31F9N2O3/c1-21(2)15-28(33(49)48-26(20-51-34(48)50)16-22-9-5-3-6-10-22)27-17-24(23-11-7-4-8-12-23)18-31(32(27)37(44,45)46)47-30-19-25(35(38,39)40)13-14-29(30)36(41,42)43/h3-14,17-19,21,26,28,47H,15-16,20H2,1-2H3. The second-order valence-electron chi connectivity index (χ2n) is 12.5. The summed E-state index contributed by atoms with van der Waals surface area (Å²) in [6, 6.07) is 17.9. The number of hydrogen-bond acceptors (Lipinski definition) is 4. The molecule has 1 heterocycles. The van der Waals surface area contributed by atoms with Crippen molar-refractivity contribution in [1.29, 1.82) is 0 Å². The van der Waals surface area contributed by atoms with Crippen LogP contribution in [0.2, 0.25) is 0 Å². The summed E-state index contributed by atoms with van der Waals surface area (Å²) in [4.78, 5) is 28.2. The highest BCUT2D eigenvalue weighted by Crippen LogP contribution is 2.47. The van der Waals surface area contributed by atoms with Crippen molar-refractivity contribution in [2.45, 2.75) is 57.2 Å². The molecule has 1 N–H and O–H groups in total. The number of hydrogen-bond donors (Lipinski definition) is 1. The Morgan fingerprint density at radius 1 is 0.784 bits per heavy atom. The van der Waals surface area contributed by atoms with Crippen LogP contribution in [-0.2, 0) is 34.5 Å². The molecule has 270 valence electrons. The largest absolute Gasteiger partial charge is 0.447 e. The minimum atomic E-state index is -5.35. The fourth-order valence-corrected chi connectivity index (χ4v) is 6.13. The molecule has 51 heavy (non-hydrogen) atoms. The predicted octanol–water partition coefficient (Wildman–Crippen LogP) is 10.9. The Labute approximate surface area is 287 Å². The molecule has 1 saturated heterocycles. The van der Waals surface area contributed by atoms with Crippen LogP contribution in [0.5, 0.6) is 0 Å². The van der Waals surface area contributed by atoms with E-state index in [0.29, 0.717) is 11.1 Å². The van der Waals surface area contributed by atoms with E-state index in [0.717, 1.165) is 17.0 Å². The zero-order valence-electron chi connectivity index (χ0n) is 27.1. The van der Waals surface area contributed by atoms with Gasteiger partial charge in [-0.3, -0.25) is 4.79 Å². The van der Waals surface area contributed by atoms with Gasteiger partial charge in [-0.15, -0.1) is 0 Å². The molecule has 2 atom stereocenters. The molecule has 2 amide bonds.